The fourth-order valence-corrected chi connectivity index (χ4v) is 3.80. The maximum atomic E-state index is 12.2. The molecule has 0 spiro atoms. The van der Waals surface area contributed by atoms with E-state index in [2.05, 4.69) is 4.98 Å². The minimum atomic E-state index is -0.444. The van der Waals surface area contributed by atoms with E-state index in [1.54, 1.807) is 12.1 Å². The first kappa shape index (κ1) is 11.9. The fraction of sp³-hybridized carbons (Fsp3) is 0.267. The molecule has 1 fully saturated rings. The molecule has 0 N–H and O–H groups in total. The van der Waals surface area contributed by atoms with E-state index in [4.69, 9.17) is 4.74 Å². The van der Waals surface area contributed by atoms with Gasteiger partial charge in [-0.25, -0.2) is 4.98 Å². The zero-order valence-corrected chi connectivity index (χ0v) is 11.4. The lowest BCUT2D eigenvalue weighted by atomic mass is 9.92. The van der Waals surface area contributed by atoms with Gasteiger partial charge >= 0.3 is 0 Å². The van der Waals surface area contributed by atoms with Crippen LogP contribution in [0.15, 0.2) is 24.3 Å². The van der Waals surface area contributed by atoms with Gasteiger partial charge in [-0.05, 0) is 12.8 Å². The van der Waals surface area contributed by atoms with Crippen molar-refractivity contribution in [3.63, 3.8) is 0 Å². The highest BCUT2D eigenvalue weighted by Crippen LogP contribution is 2.40. The van der Waals surface area contributed by atoms with Crippen LogP contribution in [0.2, 0.25) is 0 Å². The van der Waals surface area contributed by atoms with Crippen LogP contribution in [0.4, 0.5) is 0 Å². The van der Waals surface area contributed by atoms with Crippen molar-refractivity contribution in [2.45, 2.75) is 18.9 Å². The molecule has 1 aliphatic heterocycles. The average molecular weight is 285 g/mol. The van der Waals surface area contributed by atoms with Gasteiger partial charge in [-0.2, -0.15) is 0 Å². The minimum absolute atomic E-state index is 0.0272. The van der Waals surface area contributed by atoms with E-state index in [1.807, 2.05) is 12.1 Å². The van der Waals surface area contributed by atoms with Gasteiger partial charge in [-0.1, -0.05) is 24.3 Å². The van der Waals surface area contributed by atoms with Crippen molar-refractivity contribution in [1.29, 1.82) is 0 Å². The highest BCUT2D eigenvalue weighted by molar-refractivity contribution is 7.15. The molecule has 1 atom stereocenters. The number of thiazole rings is 1. The Kier molecular flexibility index (Phi) is 2.58. The van der Waals surface area contributed by atoms with Gasteiger partial charge in [0.1, 0.15) is 16.0 Å². The van der Waals surface area contributed by atoms with Gasteiger partial charge in [-0.15, -0.1) is 11.3 Å². The molecule has 0 amide bonds. The molecule has 0 saturated carbocycles. The standard InChI is InChI=1S/C15H11NO3S/c17-12-9-5-2-1-4-8(9)11-14(13(12)18)20-15(16-11)10-6-3-7-19-10/h1-2,4-5,10H,3,6-7H2. The lowest BCUT2D eigenvalue weighted by molar-refractivity contribution is 0.0817. The number of ether oxygens (including phenoxy) is 1. The molecule has 1 aromatic heterocycles. The number of Topliss-reactive ketones (excluding diaryl/α,β-unsaturated/α-hetero) is 2. The molecule has 2 heterocycles. The first-order valence-electron chi connectivity index (χ1n) is 6.56. The zero-order chi connectivity index (χ0) is 13.7. The van der Waals surface area contributed by atoms with Crippen molar-refractivity contribution in [2.24, 2.45) is 0 Å². The maximum Gasteiger partial charge on any atom is 0.245 e. The summed E-state index contributed by atoms with van der Waals surface area (Å²) in [5.41, 5.74) is 1.85. The molecule has 0 radical (unpaired) electrons. The molecule has 4 nitrogen and oxygen atoms in total. The van der Waals surface area contributed by atoms with Crippen molar-refractivity contribution < 1.29 is 14.3 Å². The Morgan fingerprint density at radius 1 is 1.15 bits per heavy atom. The number of hydrogen-bond acceptors (Lipinski definition) is 5. The predicted octanol–water partition coefficient (Wildman–Crippen LogP) is 3.04. The monoisotopic (exact) mass is 285 g/mol. The summed E-state index contributed by atoms with van der Waals surface area (Å²) in [4.78, 5) is 29.3. The maximum absolute atomic E-state index is 12.2. The summed E-state index contributed by atoms with van der Waals surface area (Å²) < 4.78 is 5.62. The summed E-state index contributed by atoms with van der Waals surface area (Å²) in [6, 6.07) is 7.15. The lowest BCUT2D eigenvalue weighted by Gasteiger charge is -2.11. The lowest BCUT2D eigenvalue weighted by Crippen LogP contribution is -2.19. The zero-order valence-electron chi connectivity index (χ0n) is 10.6. The topological polar surface area (TPSA) is 56.3 Å². The summed E-state index contributed by atoms with van der Waals surface area (Å²) in [7, 11) is 0. The highest BCUT2D eigenvalue weighted by atomic mass is 32.1. The molecule has 4 rings (SSSR count). The first-order chi connectivity index (χ1) is 9.75. The molecule has 100 valence electrons. The summed E-state index contributed by atoms with van der Waals surface area (Å²) in [5.74, 6) is -0.879. The van der Waals surface area contributed by atoms with Crippen LogP contribution in [0.25, 0.3) is 11.3 Å². The van der Waals surface area contributed by atoms with Crippen LogP contribution in [0.3, 0.4) is 0 Å². The number of ketones is 2. The van der Waals surface area contributed by atoms with Gasteiger partial charge in [0, 0.05) is 17.7 Å². The first-order valence-corrected chi connectivity index (χ1v) is 7.38. The number of aromatic nitrogens is 1. The van der Waals surface area contributed by atoms with Crippen molar-refractivity contribution >= 4 is 22.9 Å². The van der Waals surface area contributed by atoms with Crippen LogP contribution < -0.4 is 0 Å². The third-order valence-electron chi connectivity index (χ3n) is 3.69. The van der Waals surface area contributed by atoms with Crippen molar-refractivity contribution in [3.8, 4) is 11.3 Å². The largest absolute Gasteiger partial charge is 0.371 e. The number of carbonyl (C=O) groups excluding carboxylic acids is 2. The van der Waals surface area contributed by atoms with Gasteiger partial charge in [0.2, 0.25) is 11.6 Å². The number of nitrogens with zero attached hydrogens (tertiary/aromatic N) is 1. The third-order valence-corrected chi connectivity index (χ3v) is 4.83. The Hall–Kier alpha value is -1.85. The van der Waals surface area contributed by atoms with Crippen LogP contribution in [0.1, 0.15) is 44.0 Å². The average Bonchev–Trinajstić information content (AvgIpc) is 3.13. The molecule has 2 aliphatic rings. The Bertz CT molecular complexity index is 728. The van der Waals surface area contributed by atoms with E-state index in [9.17, 15) is 9.59 Å². The molecule has 2 aromatic rings. The Labute approximate surface area is 119 Å². The molecule has 1 aromatic carbocycles. The highest BCUT2D eigenvalue weighted by Gasteiger charge is 2.35. The second-order valence-corrected chi connectivity index (χ2v) is 5.97. The van der Waals surface area contributed by atoms with Crippen molar-refractivity contribution in [3.05, 3.63) is 39.7 Å². The second kappa shape index (κ2) is 4.33. The molecule has 1 aliphatic carbocycles. The number of rotatable bonds is 1. The fourth-order valence-electron chi connectivity index (χ4n) is 2.70. The number of hydrogen-bond donors (Lipinski definition) is 0. The summed E-state index contributed by atoms with van der Waals surface area (Å²) >= 11 is 1.30. The van der Waals surface area contributed by atoms with Crippen LogP contribution in [-0.2, 0) is 4.74 Å². The second-order valence-electron chi connectivity index (χ2n) is 4.94. The van der Waals surface area contributed by atoms with E-state index in [-0.39, 0.29) is 6.10 Å². The molecule has 1 unspecified atom stereocenters. The SMILES string of the molecule is O=C1C(=O)c2sc(C3CCCO3)nc2-c2ccccc21. The van der Waals surface area contributed by atoms with Gasteiger partial charge in [-0.3, -0.25) is 9.59 Å². The van der Waals surface area contributed by atoms with Gasteiger partial charge in [0.25, 0.3) is 0 Å². The third kappa shape index (κ3) is 1.60. The normalized spacial score (nSPS) is 20.9. The van der Waals surface area contributed by atoms with Gasteiger partial charge in [0.05, 0.1) is 5.69 Å². The summed E-state index contributed by atoms with van der Waals surface area (Å²) in [5, 5.41) is 0.811. The van der Waals surface area contributed by atoms with E-state index in [0.717, 1.165) is 30.0 Å². The predicted molar refractivity (Wildman–Crippen MR) is 74.1 cm³/mol. The summed E-state index contributed by atoms with van der Waals surface area (Å²) in [6.45, 7) is 0.735. The van der Waals surface area contributed by atoms with Gasteiger partial charge < -0.3 is 4.74 Å². The summed E-state index contributed by atoms with van der Waals surface area (Å²) in [6.07, 6.45) is 1.91. The van der Waals surface area contributed by atoms with E-state index < -0.39 is 11.6 Å². The molecular formula is C15H11NO3S. The number of carbonyl (C=O) groups is 2. The van der Waals surface area contributed by atoms with Crippen molar-refractivity contribution in [2.75, 3.05) is 6.61 Å². The van der Waals surface area contributed by atoms with E-state index in [0.29, 0.717) is 16.1 Å². The molecule has 1 saturated heterocycles. The Balaban J connectivity index is 1.90. The molecular weight excluding hydrogens is 274 g/mol. The van der Waals surface area contributed by atoms with Crippen LogP contribution in [0, 0.1) is 0 Å². The van der Waals surface area contributed by atoms with Gasteiger partial charge in [0.15, 0.2) is 0 Å². The quantitative estimate of drug-likeness (QED) is 0.756. The Morgan fingerprint density at radius 3 is 2.70 bits per heavy atom. The van der Waals surface area contributed by atoms with Crippen LogP contribution in [-0.4, -0.2) is 23.2 Å². The van der Waals surface area contributed by atoms with Crippen molar-refractivity contribution in [1.82, 2.24) is 4.98 Å². The van der Waals surface area contributed by atoms with E-state index >= 15 is 0 Å². The molecule has 0 bridgehead atoms. The van der Waals surface area contributed by atoms with E-state index in [1.165, 1.54) is 11.3 Å². The van der Waals surface area contributed by atoms with Crippen LogP contribution >= 0.6 is 11.3 Å². The number of fused-ring (bicyclic) bond motifs is 3. The number of benzene rings is 1. The Morgan fingerprint density at radius 2 is 1.95 bits per heavy atom. The van der Waals surface area contributed by atoms with Crippen LogP contribution in [0.5, 0.6) is 0 Å². The smallest absolute Gasteiger partial charge is 0.245 e. The molecule has 20 heavy (non-hydrogen) atoms. The molecule has 5 heteroatoms. The minimum Gasteiger partial charge on any atom is -0.371 e.